The molecule has 0 saturated heterocycles. The SMILES string of the molecule is C#CCn1ncc(Cl)c(NCc2c(C)noc2C)c1=O. The summed E-state index contributed by atoms with van der Waals surface area (Å²) in [6.45, 7) is 4.12. The topological polar surface area (TPSA) is 73.0 Å². The summed E-state index contributed by atoms with van der Waals surface area (Å²) in [4.78, 5) is 12.1. The van der Waals surface area contributed by atoms with Crippen LogP contribution in [0.15, 0.2) is 15.5 Å². The van der Waals surface area contributed by atoms with Crippen LogP contribution >= 0.6 is 11.6 Å². The van der Waals surface area contributed by atoms with E-state index in [-0.39, 0.29) is 22.8 Å². The number of aromatic nitrogens is 3. The lowest BCUT2D eigenvalue weighted by Crippen LogP contribution is -2.25. The molecule has 6 nitrogen and oxygen atoms in total. The summed E-state index contributed by atoms with van der Waals surface area (Å²) < 4.78 is 6.23. The number of halogens is 1. The highest BCUT2D eigenvalue weighted by atomic mass is 35.5. The minimum Gasteiger partial charge on any atom is -0.375 e. The monoisotopic (exact) mass is 292 g/mol. The second-order valence-electron chi connectivity index (χ2n) is 4.19. The van der Waals surface area contributed by atoms with Gasteiger partial charge in [-0.1, -0.05) is 22.7 Å². The fraction of sp³-hybridized carbons (Fsp3) is 0.308. The standard InChI is InChI=1S/C13H13ClN4O2/c1-4-5-18-13(19)12(11(14)7-16-18)15-6-10-8(2)17-20-9(10)3/h1,7,15H,5-6H2,2-3H3. The molecule has 0 fully saturated rings. The Kier molecular flexibility index (Phi) is 4.11. The van der Waals surface area contributed by atoms with Gasteiger partial charge in [0.15, 0.2) is 0 Å². The molecule has 2 rings (SSSR count). The average Bonchev–Trinajstić information content (AvgIpc) is 2.73. The van der Waals surface area contributed by atoms with Crippen molar-refractivity contribution in [2.75, 3.05) is 5.32 Å². The van der Waals surface area contributed by atoms with Gasteiger partial charge in [-0.05, 0) is 13.8 Å². The number of terminal acetylenes is 1. The summed E-state index contributed by atoms with van der Waals surface area (Å²) in [5, 5.41) is 11.0. The first kappa shape index (κ1) is 14.2. The Labute approximate surface area is 120 Å². The van der Waals surface area contributed by atoms with Gasteiger partial charge in [0.05, 0.1) is 16.9 Å². The molecule has 2 heterocycles. The van der Waals surface area contributed by atoms with Gasteiger partial charge in [-0.15, -0.1) is 6.42 Å². The molecule has 0 saturated carbocycles. The van der Waals surface area contributed by atoms with Crippen molar-refractivity contribution in [3.05, 3.63) is 38.6 Å². The minimum absolute atomic E-state index is 0.0933. The summed E-state index contributed by atoms with van der Waals surface area (Å²) in [6.07, 6.45) is 6.57. The molecule has 104 valence electrons. The molecule has 2 aromatic rings. The number of hydrogen-bond donors (Lipinski definition) is 1. The zero-order chi connectivity index (χ0) is 14.7. The molecule has 0 aliphatic carbocycles. The number of rotatable bonds is 4. The van der Waals surface area contributed by atoms with E-state index in [1.807, 2.05) is 13.8 Å². The van der Waals surface area contributed by atoms with Gasteiger partial charge in [-0.3, -0.25) is 4.79 Å². The molecule has 0 atom stereocenters. The maximum atomic E-state index is 12.1. The van der Waals surface area contributed by atoms with Crippen LogP contribution in [0.4, 0.5) is 5.69 Å². The molecule has 2 aromatic heterocycles. The largest absolute Gasteiger partial charge is 0.375 e. The van der Waals surface area contributed by atoms with Crippen molar-refractivity contribution in [3.63, 3.8) is 0 Å². The fourth-order valence-electron chi connectivity index (χ4n) is 1.76. The van der Waals surface area contributed by atoms with E-state index in [1.54, 1.807) is 0 Å². The highest BCUT2D eigenvalue weighted by Crippen LogP contribution is 2.18. The normalized spacial score (nSPS) is 10.3. The Bertz CT molecular complexity index is 707. The van der Waals surface area contributed by atoms with Crippen LogP contribution in [0.5, 0.6) is 0 Å². The van der Waals surface area contributed by atoms with Gasteiger partial charge >= 0.3 is 0 Å². The Hall–Kier alpha value is -2.26. The van der Waals surface area contributed by atoms with E-state index in [0.29, 0.717) is 12.3 Å². The molecule has 0 aliphatic heterocycles. The van der Waals surface area contributed by atoms with Crippen molar-refractivity contribution < 1.29 is 4.52 Å². The van der Waals surface area contributed by atoms with Gasteiger partial charge < -0.3 is 9.84 Å². The van der Waals surface area contributed by atoms with E-state index in [1.165, 1.54) is 10.9 Å². The second kappa shape index (κ2) is 5.80. The third kappa shape index (κ3) is 2.68. The molecule has 0 amide bonds. The third-order valence-electron chi connectivity index (χ3n) is 2.86. The van der Waals surface area contributed by atoms with Gasteiger partial charge in [0.2, 0.25) is 0 Å². The first-order chi connectivity index (χ1) is 9.54. The van der Waals surface area contributed by atoms with E-state index >= 15 is 0 Å². The number of nitrogens with zero attached hydrogens (tertiary/aromatic N) is 3. The quantitative estimate of drug-likeness (QED) is 0.869. The predicted octanol–water partition coefficient (Wildman–Crippen LogP) is 1.75. The molecule has 0 unspecified atom stereocenters. The molecule has 0 aliphatic rings. The van der Waals surface area contributed by atoms with Crippen molar-refractivity contribution in [3.8, 4) is 12.3 Å². The van der Waals surface area contributed by atoms with Gasteiger partial charge in [0.1, 0.15) is 18.0 Å². The van der Waals surface area contributed by atoms with Crippen LogP contribution in [0, 0.1) is 26.2 Å². The Morgan fingerprint density at radius 2 is 2.30 bits per heavy atom. The van der Waals surface area contributed by atoms with Crippen molar-refractivity contribution in [1.82, 2.24) is 14.9 Å². The zero-order valence-electron chi connectivity index (χ0n) is 11.1. The van der Waals surface area contributed by atoms with Gasteiger partial charge in [-0.2, -0.15) is 5.10 Å². The highest BCUT2D eigenvalue weighted by molar-refractivity contribution is 6.32. The van der Waals surface area contributed by atoms with Crippen LogP contribution in [-0.4, -0.2) is 14.9 Å². The summed E-state index contributed by atoms with van der Waals surface area (Å²) in [5.74, 6) is 3.06. The van der Waals surface area contributed by atoms with E-state index in [0.717, 1.165) is 11.3 Å². The van der Waals surface area contributed by atoms with Crippen LogP contribution in [-0.2, 0) is 13.1 Å². The van der Waals surface area contributed by atoms with Crippen LogP contribution in [0.2, 0.25) is 5.02 Å². The summed E-state index contributed by atoms with van der Waals surface area (Å²) in [6, 6.07) is 0. The maximum Gasteiger partial charge on any atom is 0.292 e. The van der Waals surface area contributed by atoms with Gasteiger partial charge in [0.25, 0.3) is 5.56 Å². The van der Waals surface area contributed by atoms with Gasteiger partial charge in [-0.25, -0.2) is 4.68 Å². The first-order valence-corrected chi connectivity index (χ1v) is 6.27. The fourth-order valence-corrected chi connectivity index (χ4v) is 1.95. The smallest absolute Gasteiger partial charge is 0.292 e. The molecule has 0 bridgehead atoms. The Morgan fingerprint density at radius 1 is 1.55 bits per heavy atom. The zero-order valence-corrected chi connectivity index (χ0v) is 11.9. The maximum absolute atomic E-state index is 12.1. The molecule has 0 radical (unpaired) electrons. The number of hydrogen-bond acceptors (Lipinski definition) is 5. The van der Waals surface area contributed by atoms with Crippen LogP contribution in [0.25, 0.3) is 0 Å². The summed E-state index contributed by atoms with van der Waals surface area (Å²) in [5.41, 5.74) is 1.56. The van der Waals surface area contributed by atoms with Crippen LogP contribution < -0.4 is 10.9 Å². The molecule has 1 N–H and O–H groups in total. The van der Waals surface area contributed by atoms with E-state index in [4.69, 9.17) is 22.5 Å². The van der Waals surface area contributed by atoms with Gasteiger partial charge in [0, 0.05) is 12.1 Å². The second-order valence-corrected chi connectivity index (χ2v) is 4.60. The van der Waals surface area contributed by atoms with E-state index in [2.05, 4.69) is 21.5 Å². The lowest BCUT2D eigenvalue weighted by molar-refractivity contribution is 0.392. The van der Waals surface area contributed by atoms with E-state index in [9.17, 15) is 4.79 Å². The molecular formula is C13H13ClN4O2. The molecule has 7 heteroatoms. The number of nitrogens with one attached hydrogen (secondary N) is 1. The Balaban J connectivity index is 2.28. The average molecular weight is 293 g/mol. The lowest BCUT2D eigenvalue weighted by atomic mass is 10.2. The first-order valence-electron chi connectivity index (χ1n) is 5.89. The van der Waals surface area contributed by atoms with E-state index < -0.39 is 0 Å². The van der Waals surface area contributed by atoms with Crippen molar-refractivity contribution in [2.24, 2.45) is 0 Å². The Morgan fingerprint density at radius 3 is 2.90 bits per heavy atom. The van der Waals surface area contributed by atoms with Crippen molar-refractivity contribution in [1.29, 1.82) is 0 Å². The number of anilines is 1. The summed E-state index contributed by atoms with van der Waals surface area (Å²) >= 11 is 5.99. The lowest BCUT2D eigenvalue weighted by Gasteiger charge is -2.09. The molecule has 0 aromatic carbocycles. The van der Waals surface area contributed by atoms with Crippen LogP contribution in [0.3, 0.4) is 0 Å². The minimum atomic E-state index is -0.359. The highest BCUT2D eigenvalue weighted by Gasteiger charge is 2.13. The van der Waals surface area contributed by atoms with Crippen LogP contribution in [0.1, 0.15) is 17.0 Å². The number of aryl methyl sites for hydroxylation is 2. The molecular weight excluding hydrogens is 280 g/mol. The molecule has 20 heavy (non-hydrogen) atoms. The summed E-state index contributed by atoms with van der Waals surface area (Å²) in [7, 11) is 0. The third-order valence-corrected chi connectivity index (χ3v) is 3.15. The van der Waals surface area contributed by atoms with Crippen molar-refractivity contribution in [2.45, 2.75) is 26.9 Å². The molecule has 0 spiro atoms. The predicted molar refractivity (Wildman–Crippen MR) is 75.6 cm³/mol. The van der Waals surface area contributed by atoms with Crippen molar-refractivity contribution >= 4 is 17.3 Å².